The van der Waals surface area contributed by atoms with Gasteiger partial charge in [0.25, 0.3) is 0 Å². The van der Waals surface area contributed by atoms with Gasteiger partial charge in [0, 0.05) is 17.6 Å². The maximum atomic E-state index is 13.3. The summed E-state index contributed by atoms with van der Waals surface area (Å²) >= 11 is 16.3. The Balaban J connectivity index is 2.31. The average Bonchev–Trinajstić information content (AvgIpc) is 2.36. The number of halogens is 3. The SMILES string of the molecule is NC(=S)c1cc(Nc2cc(Cl)c(F)c(Cl)c2)ccn1. The van der Waals surface area contributed by atoms with Gasteiger partial charge in [-0.05, 0) is 24.3 Å². The highest BCUT2D eigenvalue weighted by Gasteiger charge is 2.08. The lowest BCUT2D eigenvalue weighted by Crippen LogP contribution is -2.11. The zero-order valence-corrected chi connectivity index (χ0v) is 11.8. The number of hydrogen-bond acceptors (Lipinski definition) is 3. The maximum Gasteiger partial charge on any atom is 0.160 e. The highest BCUT2D eigenvalue weighted by atomic mass is 35.5. The van der Waals surface area contributed by atoms with E-state index in [1.54, 1.807) is 18.3 Å². The first-order valence-corrected chi connectivity index (χ1v) is 6.31. The van der Waals surface area contributed by atoms with E-state index in [0.29, 0.717) is 17.1 Å². The molecule has 98 valence electrons. The number of anilines is 2. The summed E-state index contributed by atoms with van der Waals surface area (Å²) in [6.45, 7) is 0. The van der Waals surface area contributed by atoms with Crippen LogP contribution >= 0.6 is 35.4 Å². The van der Waals surface area contributed by atoms with Crippen molar-refractivity contribution in [3.8, 4) is 0 Å². The van der Waals surface area contributed by atoms with Gasteiger partial charge >= 0.3 is 0 Å². The second kappa shape index (κ2) is 5.69. The fraction of sp³-hybridized carbons (Fsp3) is 0. The van der Waals surface area contributed by atoms with Gasteiger partial charge in [-0.3, -0.25) is 4.98 Å². The predicted molar refractivity (Wildman–Crippen MR) is 79.8 cm³/mol. The van der Waals surface area contributed by atoms with Crippen molar-refractivity contribution < 1.29 is 4.39 Å². The minimum absolute atomic E-state index is 0.0568. The van der Waals surface area contributed by atoms with Crippen molar-refractivity contribution in [2.24, 2.45) is 5.73 Å². The summed E-state index contributed by atoms with van der Waals surface area (Å²) in [7, 11) is 0. The molecule has 1 heterocycles. The van der Waals surface area contributed by atoms with Gasteiger partial charge in [-0.2, -0.15) is 0 Å². The lowest BCUT2D eigenvalue weighted by molar-refractivity contribution is 0.629. The largest absolute Gasteiger partial charge is 0.388 e. The van der Waals surface area contributed by atoms with Crippen molar-refractivity contribution in [3.63, 3.8) is 0 Å². The van der Waals surface area contributed by atoms with Gasteiger partial charge in [0.05, 0.1) is 15.7 Å². The first-order valence-electron chi connectivity index (χ1n) is 5.15. The van der Waals surface area contributed by atoms with Crippen molar-refractivity contribution >= 4 is 51.8 Å². The molecule has 3 N–H and O–H groups in total. The number of pyridine rings is 1. The molecule has 7 heteroatoms. The molecule has 2 rings (SSSR count). The molecule has 2 aromatic rings. The first-order chi connectivity index (χ1) is 8.97. The van der Waals surface area contributed by atoms with Crippen molar-refractivity contribution in [2.75, 3.05) is 5.32 Å². The van der Waals surface area contributed by atoms with Crippen LogP contribution in [0.3, 0.4) is 0 Å². The molecular formula is C12H8Cl2FN3S. The molecule has 0 unspecified atom stereocenters. The van der Waals surface area contributed by atoms with Crippen LogP contribution in [-0.2, 0) is 0 Å². The molecule has 3 nitrogen and oxygen atoms in total. The standard InChI is InChI=1S/C12H8Cl2FN3S/c13-8-3-7(4-9(14)11(8)15)18-6-1-2-17-10(5-6)12(16)19/h1-5H,(H2,16,19)(H,17,18). The number of nitrogens with two attached hydrogens (primary N) is 1. The first kappa shape index (κ1) is 14.0. The van der Waals surface area contributed by atoms with Crippen LogP contribution in [0.5, 0.6) is 0 Å². The van der Waals surface area contributed by atoms with Crippen LogP contribution in [-0.4, -0.2) is 9.97 Å². The fourth-order valence-corrected chi connectivity index (χ4v) is 2.04. The number of nitrogens with one attached hydrogen (secondary N) is 1. The van der Waals surface area contributed by atoms with E-state index in [2.05, 4.69) is 10.3 Å². The van der Waals surface area contributed by atoms with Gasteiger partial charge in [-0.1, -0.05) is 35.4 Å². The van der Waals surface area contributed by atoms with Gasteiger partial charge < -0.3 is 11.1 Å². The molecule has 0 aliphatic carbocycles. The van der Waals surface area contributed by atoms with E-state index in [0.717, 1.165) is 0 Å². The Morgan fingerprint density at radius 1 is 1.21 bits per heavy atom. The van der Waals surface area contributed by atoms with Crippen LogP contribution in [0, 0.1) is 5.82 Å². The van der Waals surface area contributed by atoms with Crippen LogP contribution in [0.1, 0.15) is 5.69 Å². The molecular weight excluding hydrogens is 308 g/mol. The molecule has 1 aromatic heterocycles. The summed E-state index contributed by atoms with van der Waals surface area (Å²) < 4.78 is 13.3. The van der Waals surface area contributed by atoms with Crippen molar-refractivity contribution in [1.82, 2.24) is 4.98 Å². The van der Waals surface area contributed by atoms with E-state index in [4.69, 9.17) is 41.2 Å². The van der Waals surface area contributed by atoms with Gasteiger partial charge in [-0.15, -0.1) is 0 Å². The molecule has 19 heavy (non-hydrogen) atoms. The van der Waals surface area contributed by atoms with Crippen molar-refractivity contribution in [2.45, 2.75) is 0 Å². The third-order valence-electron chi connectivity index (χ3n) is 2.28. The number of benzene rings is 1. The van der Waals surface area contributed by atoms with Crippen LogP contribution in [0.2, 0.25) is 10.0 Å². The number of aromatic nitrogens is 1. The lowest BCUT2D eigenvalue weighted by atomic mass is 10.2. The quantitative estimate of drug-likeness (QED) is 0.666. The summed E-state index contributed by atoms with van der Waals surface area (Å²) in [5.41, 5.74) is 7.22. The predicted octanol–water partition coefficient (Wildman–Crippen LogP) is 3.91. The van der Waals surface area contributed by atoms with E-state index in [9.17, 15) is 4.39 Å². The fourth-order valence-electron chi connectivity index (χ4n) is 1.44. The van der Waals surface area contributed by atoms with Gasteiger partial charge in [0.2, 0.25) is 0 Å². The highest BCUT2D eigenvalue weighted by Crippen LogP contribution is 2.29. The Bertz CT molecular complexity index is 626. The Morgan fingerprint density at radius 2 is 1.84 bits per heavy atom. The minimum Gasteiger partial charge on any atom is -0.388 e. The van der Waals surface area contributed by atoms with Gasteiger partial charge in [0.15, 0.2) is 5.82 Å². The zero-order chi connectivity index (χ0) is 14.0. The Hall–Kier alpha value is -1.43. The van der Waals surface area contributed by atoms with Crippen LogP contribution in [0.4, 0.5) is 15.8 Å². The van der Waals surface area contributed by atoms with Crippen molar-refractivity contribution in [3.05, 3.63) is 52.0 Å². The third-order valence-corrected chi connectivity index (χ3v) is 3.04. The van der Waals surface area contributed by atoms with E-state index < -0.39 is 5.82 Å². The number of hydrogen-bond donors (Lipinski definition) is 2. The second-order valence-corrected chi connectivity index (χ2v) is 4.93. The highest BCUT2D eigenvalue weighted by molar-refractivity contribution is 7.80. The molecule has 0 fully saturated rings. The average molecular weight is 316 g/mol. The maximum absolute atomic E-state index is 13.3. The summed E-state index contributed by atoms with van der Waals surface area (Å²) in [4.78, 5) is 4.20. The topological polar surface area (TPSA) is 50.9 Å². The van der Waals surface area contributed by atoms with Crippen molar-refractivity contribution in [1.29, 1.82) is 0 Å². The molecule has 0 saturated heterocycles. The Labute approximate surface area is 124 Å². The summed E-state index contributed by atoms with van der Waals surface area (Å²) in [5, 5.41) is 2.90. The molecule has 0 radical (unpaired) electrons. The summed E-state index contributed by atoms with van der Waals surface area (Å²) in [5.74, 6) is -0.646. The van der Waals surface area contributed by atoms with E-state index in [1.165, 1.54) is 12.1 Å². The van der Waals surface area contributed by atoms with Crippen LogP contribution in [0.25, 0.3) is 0 Å². The number of thiocarbonyl (C=S) groups is 1. The second-order valence-electron chi connectivity index (χ2n) is 3.67. The normalized spacial score (nSPS) is 10.3. The minimum atomic E-state index is -0.646. The van der Waals surface area contributed by atoms with E-state index in [-0.39, 0.29) is 15.0 Å². The molecule has 0 spiro atoms. The monoisotopic (exact) mass is 315 g/mol. The molecule has 0 saturated carbocycles. The number of rotatable bonds is 3. The molecule has 0 aliphatic rings. The van der Waals surface area contributed by atoms with Gasteiger partial charge in [-0.25, -0.2) is 4.39 Å². The molecule has 0 amide bonds. The van der Waals surface area contributed by atoms with E-state index in [1.807, 2.05) is 0 Å². The van der Waals surface area contributed by atoms with Crippen LogP contribution in [0.15, 0.2) is 30.5 Å². The zero-order valence-electron chi connectivity index (χ0n) is 9.45. The molecule has 0 aliphatic heterocycles. The van der Waals surface area contributed by atoms with Gasteiger partial charge in [0.1, 0.15) is 4.99 Å². The molecule has 1 aromatic carbocycles. The summed E-state index contributed by atoms with van der Waals surface area (Å²) in [6, 6.07) is 6.26. The Morgan fingerprint density at radius 3 is 2.42 bits per heavy atom. The number of nitrogens with zero attached hydrogens (tertiary/aromatic N) is 1. The smallest absolute Gasteiger partial charge is 0.160 e. The molecule has 0 atom stereocenters. The lowest BCUT2D eigenvalue weighted by Gasteiger charge is -2.09. The Kier molecular flexibility index (Phi) is 4.19. The summed E-state index contributed by atoms with van der Waals surface area (Å²) in [6.07, 6.45) is 1.56. The van der Waals surface area contributed by atoms with Crippen LogP contribution < -0.4 is 11.1 Å². The van der Waals surface area contributed by atoms with E-state index >= 15 is 0 Å². The molecule has 0 bridgehead atoms. The third kappa shape index (κ3) is 3.32.